The predicted octanol–water partition coefficient (Wildman–Crippen LogP) is 3.54. The van der Waals surface area contributed by atoms with Crippen LogP contribution in [0, 0.1) is 13.8 Å². The first-order chi connectivity index (χ1) is 14.2. The summed E-state index contributed by atoms with van der Waals surface area (Å²) >= 11 is 0. The first kappa shape index (κ1) is 20.3. The van der Waals surface area contributed by atoms with Crippen molar-refractivity contribution in [1.82, 2.24) is 24.9 Å². The second kappa shape index (κ2) is 7.70. The van der Waals surface area contributed by atoms with Gasteiger partial charge in [-0.1, -0.05) is 24.3 Å². The molecule has 158 valence electrons. The lowest BCUT2D eigenvalue weighted by Crippen LogP contribution is -2.31. The third kappa shape index (κ3) is 3.88. The van der Waals surface area contributed by atoms with E-state index in [0.717, 1.165) is 23.8 Å². The Bertz CT molecular complexity index is 1110. The maximum absolute atomic E-state index is 12.9. The number of hydrogen-bond donors (Lipinski definition) is 1. The molecule has 0 radical (unpaired) electrons. The Kier molecular flexibility index (Phi) is 5.21. The molecular formula is C21H22F3N5O. The fraction of sp³-hybridized carbons (Fsp3) is 0.429. The second-order valence-corrected chi connectivity index (χ2v) is 7.67. The Morgan fingerprint density at radius 3 is 2.77 bits per heavy atom. The van der Waals surface area contributed by atoms with Crippen LogP contribution in [0.4, 0.5) is 13.2 Å². The van der Waals surface area contributed by atoms with Crippen molar-refractivity contribution in [2.24, 2.45) is 0 Å². The number of rotatable bonds is 4. The minimum Gasteiger partial charge on any atom is -0.355 e. The normalized spacial score (nSPS) is 16.5. The largest absolute Gasteiger partial charge is 0.453 e. The first-order valence-corrected chi connectivity index (χ1v) is 9.88. The summed E-state index contributed by atoms with van der Waals surface area (Å²) in [6.45, 7) is 3.82. The Hall–Kier alpha value is -2.97. The van der Waals surface area contributed by atoms with E-state index in [2.05, 4.69) is 32.5 Å². The number of nitrogens with one attached hydrogen (secondary N) is 1. The highest BCUT2D eigenvalue weighted by molar-refractivity contribution is 5.79. The zero-order chi connectivity index (χ0) is 21.5. The molecule has 3 aromatic rings. The molecule has 0 saturated heterocycles. The molecule has 4 rings (SSSR count). The van der Waals surface area contributed by atoms with Crippen LogP contribution in [-0.4, -0.2) is 32.0 Å². The van der Waals surface area contributed by atoms with Crippen molar-refractivity contribution < 1.29 is 18.0 Å². The van der Waals surface area contributed by atoms with Crippen molar-refractivity contribution in [2.75, 3.05) is 6.54 Å². The number of carbonyl (C=O) groups is 1. The molecule has 0 aliphatic heterocycles. The number of carbonyl (C=O) groups excluding carboxylic acids is 1. The van der Waals surface area contributed by atoms with Gasteiger partial charge in [-0.05, 0) is 44.2 Å². The molecule has 2 aromatic heterocycles. The highest BCUT2D eigenvalue weighted by atomic mass is 19.4. The fourth-order valence-electron chi connectivity index (χ4n) is 4.11. The number of aromatic nitrogens is 4. The van der Waals surface area contributed by atoms with Gasteiger partial charge < -0.3 is 5.32 Å². The van der Waals surface area contributed by atoms with Crippen LogP contribution in [0.5, 0.6) is 0 Å². The second-order valence-electron chi connectivity index (χ2n) is 7.67. The highest BCUT2D eigenvalue weighted by Gasteiger charge is 2.37. The highest BCUT2D eigenvalue weighted by Crippen LogP contribution is 2.31. The van der Waals surface area contributed by atoms with Gasteiger partial charge >= 0.3 is 6.18 Å². The van der Waals surface area contributed by atoms with Crippen LogP contribution >= 0.6 is 0 Å². The van der Waals surface area contributed by atoms with Crippen LogP contribution in [-0.2, 0) is 23.8 Å². The van der Waals surface area contributed by atoms with Crippen molar-refractivity contribution in [3.63, 3.8) is 0 Å². The van der Waals surface area contributed by atoms with E-state index in [0.29, 0.717) is 23.5 Å². The number of alkyl halides is 3. The minimum absolute atomic E-state index is 0.0240. The molecule has 0 saturated carbocycles. The Labute approximate surface area is 171 Å². The molecule has 9 heteroatoms. The molecule has 2 heterocycles. The van der Waals surface area contributed by atoms with Crippen molar-refractivity contribution in [3.8, 4) is 0 Å². The molecule has 0 fully saturated rings. The van der Waals surface area contributed by atoms with Crippen molar-refractivity contribution in [2.45, 2.75) is 51.6 Å². The predicted molar refractivity (Wildman–Crippen MR) is 104 cm³/mol. The van der Waals surface area contributed by atoms with Gasteiger partial charge in [-0.2, -0.15) is 18.2 Å². The summed E-state index contributed by atoms with van der Waals surface area (Å²) in [5.41, 5.74) is 4.07. The summed E-state index contributed by atoms with van der Waals surface area (Å²) in [7, 11) is 0. The zero-order valence-electron chi connectivity index (χ0n) is 16.8. The lowest BCUT2D eigenvalue weighted by Gasteiger charge is -2.25. The van der Waals surface area contributed by atoms with E-state index >= 15 is 0 Å². The number of halogens is 3. The van der Waals surface area contributed by atoms with Gasteiger partial charge in [-0.15, -0.1) is 5.10 Å². The van der Waals surface area contributed by atoms with Crippen molar-refractivity contribution >= 4 is 11.7 Å². The summed E-state index contributed by atoms with van der Waals surface area (Å²) in [4.78, 5) is 20.2. The molecule has 6 nitrogen and oxygen atoms in total. The zero-order valence-corrected chi connectivity index (χ0v) is 16.8. The van der Waals surface area contributed by atoms with Crippen LogP contribution in [0.1, 0.15) is 52.7 Å². The lowest BCUT2D eigenvalue weighted by atomic mass is 9.83. The number of aryl methyl sites for hydroxylation is 3. The summed E-state index contributed by atoms with van der Waals surface area (Å²) in [5.74, 6) is -1.29. The number of benzene rings is 1. The molecule has 30 heavy (non-hydrogen) atoms. The lowest BCUT2D eigenvalue weighted by molar-refractivity contribution is -0.144. The molecule has 1 aliphatic rings. The first-order valence-electron chi connectivity index (χ1n) is 9.88. The van der Waals surface area contributed by atoms with Gasteiger partial charge in [0.25, 0.3) is 11.6 Å². The van der Waals surface area contributed by atoms with Gasteiger partial charge in [0.05, 0.1) is 6.42 Å². The average Bonchev–Trinajstić information content (AvgIpc) is 3.14. The minimum atomic E-state index is -4.65. The maximum Gasteiger partial charge on any atom is 0.453 e. The standard InChI is InChI=1S/C21H22F3N5O/c1-12-17(13(2)29-20(26-12)27-19(28-29)21(22,23)24)10-18(30)25-11-15-8-5-7-14-6-3-4-9-16(14)15/h3-4,6,9,15H,5,7-8,10-11H2,1-2H3,(H,25,30). The third-order valence-electron chi connectivity index (χ3n) is 5.68. The molecule has 1 amide bonds. The Morgan fingerprint density at radius 2 is 2.00 bits per heavy atom. The van der Waals surface area contributed by atoms with E-state index in [1.54, 1.807) is 13.8 Å². The van der Waals surface area contributed by atoms with E-state index in [1.807, 2.05) is 12.1 Å². The number of amides is 1. The number of hydrogen-bond acceptors (Lipinski definition) is 4. The molecular weight excluding hydrogens is 395 g/mol. The monoisotopic (exact) mass is 417 g/mol. The number of fused-ring (bicyclic) bond motifs is 2. The van der Waals surface area contributed by atoms with E-state index in [9.17, 15) is 18.0 Å². The van der Waals surface area contributed by atoms with Crippen molar-refractivity contribution in [3.05, 3.63) is 58.2 Å². The average molecular weight is 417 g/mol. The van der Waals surface area contributed by atoms with Gasteiger partial charge in [0.15, 0.2) is 0 Å². The van der Waals surface area contributed by atoms with E-state index in [1.165, 1.54) is 11.1 Å². The SMILES string of the molecule is Cc1nc2nc(C(F)(F)F)nn2c(C)c1CC(=O)NCC1CCCc2ccccc21. The molecule has 1 unspecified atom stereocenters. The van der Waals surface area contributed by atoms with Crippen LogP contribution < -0.4 is 5.32 Å². The quantitative estimate of drug-likeness (QED) is 0.705. The molecule has 1 aliphatic carbocycles. The summed E-state index contributed by atoms with van der Waals surface area (Å²) in [6.07, 6.45) is -1.47. The van der Waals surface area contributed by atoms with Gasteiger partial charge in [0.1, 0.15) is 0 Å². The Morgan fingerprint density at radius 1 is 1.23 bits per heavy atom. The van der Waals surface area contributed by atoms with Crippen LogP contribution in [0.15, 0.2) is 24.3 Å². The topological polar surface area (TPSA) is 72.2 Å². The van der Waals surface area contributed by atoms with Gasteiger partial charge in [-0.25, -0.2) is 9.50 Å². The molecule has 0 bridgehead atoms. The van der Waals surface area contributed by atoms with Gasteiger partial charge in [0.2, 0.25) is 5.91 Å². The fourth-order valence-corrected chi connectivity index (χ4v) is 4.11. The van der Waals surface area contributed by atoms with Crippen LogP contribution in [0.3, 0.4) is 0 Å². The smallest absolute Gasteiger partial charge is 0.355 e. The van der Waals surface area contributed by atoms with E-state index in [4.69, 9.17) is 0 Å². The van der Waals surface area contributed by atoms with E-state index in [-0.39, 0.29) is 24.0 Å². The molecule has 1 N–H and O–H groups in total. The van der Waals surface area contributed by atoms with Crippen LogP contribution in [0.25, 0.3) is 5.78 Å². The summed E-state index contributed by atoms with van der Waals surface area (Å²) < 4.78 is 39.8. The molecule has 1 aromatic carbocycles. The van der Waals surface area contributed by atoms with Crippen molar-refractivity contribution in [1.29, 1.82) is 0 Å². The summed E-state index contributed by atoms with van der Waals surface area (Å²) in [5, 5.41) is 6.51. The molecule has 1 atom stereocenters. The third-order valence-corrected chi connectivity index (χ3v) is 5.68. The van der Waals surface area contributed by atoms with Gasteiger partial charge in [0, 0.05) is 29.4 Å². The van der Waals surface area contributed by atoms with E-state index < -0.39 is 12.0 Å². The maximum atomic E-state index is 12.9. The summed E-state index contributed by atoms with van der Waals surface area (Å²) in [6, 6.07) is 8.29. The number of nitrogens with zero attached hydrogens (tertiary/aromatic N) is 4. The van der Waals surface area contributed by atoms with Crippen LogP contribution in [0.2, 0.25) is 0 Å². The van der Waals surface area contributed by atoms with Gasteiger partial charge in [-0.3, -0.25) is 4.79 Å². The molecule has 0 spiro atoms. The Balaban J connectivity index is 1.50.